The van der Waals surface area contributed by atoms with E-state index < -0.39 is 0 Å². The molecule has 0 spiro atoms. The van der Waals surface area contributed by atoms with Crippen LogP contribution in [0.15, 0.2) is 48.7 Å². The zero-order valence-electron chi connectivity index (χ0n) is 15.3. The minimum absolute atomic E-state index is 0.0417. The lowest BCUT2D eigenvalue weighted by molar-refractivity contribution is -0.125. The second-order valence-electron chi connectivity index (χ2n) is 7.01. The van der Waals surface area contributed by atoms with Crippen molar-refractivity contribution in [2.24, 2.45) is 5.92 Å². The zero-order valence-corrected chi connectivity index (χ0v) is 16.1. The molecular formula is C20H20N6OS. The second kappa shape index (κ2) is 7.20. The Morgan fingerprint density at radius 3 is 3.00 bits per heavy atom. The van der Waals surface area contributed by atoms with Gasteiger partial charge in [0.1, 0.15) is 0 Å². The van der Waals surface area contributed by atoms with E-state index in [1.165, 1.54) is 4.70 Å². The van der Waals surface area contributed by atoms with Gasteiger partial charge in [-0.1, -0.05) is 29.5 Å². The molecule has 3 aromatic heterocycles. The highest BCUT2D eigenvalue weighted by molar-refractivity contribution is 7.22. The number of carbonyl (C=O) groups excluding carboxylic acids is 1. The Hall–Kier alpha value is -3.00. The molecule has 8 heteroatoms. The van der Waals surface area contributed by atoms with Crippen molar-refractivity contribution >= 4 is 38.2 Å². The van der Waals surface area contributed by atoms with Crippen LogP contribution >= 0.6 is 11.3 Å². The summed E-state index contributed by atoms with van der Waals surface area (Å²) in [6.45, 7) is 2.02. The molecule has 1 amide bonds. The Balaban J connectivity index is 1.26. The van der Waals surface area contributed by atoms with Crippen molar-refractivity contribution in [3.63, 3.8) is 0 Å². The van der Waals surface area contributed by atoms with Gasteiger partial charge in [-0.2, -0.15) is 0 Å². The van der Waals surface area contributed by atoms with Gasteiger partial charge in [-0.15, -0.1) is 10.2 Å². The Bertz CT molecular complexity index is 1100. The first kappa shape index (κ1) is 17.1. The zero-order chi connectivity index (χ0) is 18.9. The number of hydrogen-bond donors (Lipinski definition) is 1. The number of amides is 1. The summed E-state index contributed by atoms with van der Waals surface area (Å²) in [5.74, 6) is 0.765. The highest BCUT2D eigenvalue weighted by atomic mass is 32.1. The number of hydrogen-bond acceptors (Lipinski definition) is 6. The van der Waals surface area contributed by atoms with Crippen molar-refractivity contribution in [2.75, 3.05) is 18.0 Å². The average Bonchev–Trinajstić information content (AvgIpc) is 3.36. The second-order valence-corrected chi connectivity index (χ2v) is 8.02. The summed E-state index contributed by atoms with van der Waals surface area (Å²) in [7, 11) is 0. The van der Waals surface area contributed by atoms with Gasteiger partial charge in [0.25, 0.3) is 0 Å². The number of nitrogens with one attached hydrogen (secondary N) is 1. The van der Waals surface area contributed by atoms with Crippen LogP contribution in [0, 0.1) is 5.92 Å². The van der Waals surface area contributed by atoms with E-state index in [4.69, 9.17) is 4.98 Å². The van der Waals surface area contributed by atoms with Crippen molar-refractivity contribution in [2.45, 2.75) is 19.4 Å². The molecule has 142 valence electrons. The minimum Gasteiger partial charge on any atom is -0.348 e. The molecule has 28 heavy (non-hydrogen) atoms. The van der Waals surface area contributed by atoms with Crippen LogP contribution in [0.2, 0.25) is 0 Å². The van der Waals surface area contributed by atoms with Crippen LogP contribution in [0.1, 0.15) is 18.7 Å². The van der Waals surface area contributed by atoms with Gasteiger partial charge in [0.15, 0.2) is 16.6 Å². The molecule has 0 saturated carbocycles. The number of aromatic nitrogens is 4. The molecule has 1 aliphatic rings. The smallest absolute Gasteiger partial charge is 0.225 e. The number of rotatable bonds is 4. The summed E-state index contributed by atoms with van der Waals surface area (Å²) >= 11 is 1.69. The molecule has 1 atom stereocenters. The maximum absolute atomic E-state index is 12.8. The highest BCUT2D eigenvalue weighted by Crippen LogP contribution is 2.31. The lowest BCUT2D eigenvalue weighted by atomic mass is 9.97. The van der Waals surface area contributed by atoms with Crippen LogP contribution < -0.4 is 10.2 Å². The van der Waals surface area contributed by atoms with E-state index in [1.54, 1.807) is 11.3 Å². The van der Waals surface area contributed by atoms with Crippen molar-refractivity contribution in [3.8, 4) is 0 Å². The van der Waals surface area contributed by atoms with Crippen LogP contribution in [-0.2, 0) is 11.3 Å². The summed E-state index contributed by atoms with van der Waals surface area (Å²) < 4.78 is 3.08. The van der Waals surface area contributed by atoms with Crippen LogP contribution in [0.3, 0.4) is 0 Å². The molecule has 0 aliphatic carbocycles. The Labute approximate surface area is 166 Å². The Morgan fingerprint density at radius 2 is 2.07 bits per heavy atom. The molecule has 0 unspecified atom stereocenters. The van der Waals surface area contributed by atoms with E-state index in [1.807, 2.05) is 47.0 Å². The van der Waals surface area contributed by atoms with Crippen LogP contribution in [0.25, 0.3) is 15.9 Å². The summed E-state index contributed by atoms with van der Waals surface area (Å²) in [5, 5.41) is 12.3. The maximum Gasteiger partial charge on any atom is 0.225 e. The van der Waals surface area contributed by atoms with Gasteiger partial charge in [-0.3, -0.25) is 9.20 Å². The van der Waals surface area contributed by atoms with E-state index in [0.29, 0.717) is 13.1 Å². The first-order valence-corrected chi connectivity index (χ1v) is 10.3. The molecular weight excluding hydrogens is 372 g/mol. The van der Waals surface area contributed by atoms with E-state index in [0.717, 1.165) is 41.5 Å². The van der Waals surface area contributed by atoms with E-state index in [9.17, 15) is 4.79 Å². The third-order valence-electron chi connectivity index (χ3n) is 5.15. The third kappa shape index (κ3) is 3.20. The standard InChI is InChI=1S/C20H20N6OS/c27-19(21-12-18-24-23-17-9-3-4-11-26(17)18)14-6-5-10-25(13-14)20-22-15-7-1-2-8-16(15)28-20/h1-4,7-9,11,14H,5-6,10,12-13H2,(H,21,27)/t14-/m0/s1. The average molecular weight is 392 g/mol. The van der Waals surface area contributed by atoms with Gasteiger partial charge in [0, 0.05) is 19.3 Å². The molecule has 1 aromatic carbocycles. The summed E-state index contributed by atoms with van der Waals surface area (Å²) in [5.41, 5.74) is 1.80. The predicted octanol–water partition coefficient (Wildman–Crippen LogP) is 2.87. The fourth-order valence-corrected chi connectivity index (χ4v) is 4.68. The number of nitrogens with zero attached hydrogens (tertiary/aromatic N) is 5. The number of thiazole rings is 1. The van der Waals surface area contributed by atoms with Gasteiger partial charge in [0.2, 0.25) is 5.91 Å². The number of piperidine rings is 1. The SMILES string of the molecule is O=C(NCc1nnc2ccccn12)[C@H]1CCCN(c2nc3ccccc3s2)C1. The third-order valence-corrected chi connectivity index (χ3v) is 6.25. The van der Waals surface area contributed by atoms with E-state index in [-0.39, 0.29) is 11.8 Å². The molecule has 1 saturated heterocycles. The molecule has 4 heterocycles. The monoisotopic (exact) mass is 392 g/mol. The van der Waals surface area contributed by atoms with Crippen LogP contribution in [-0.4, -0.2) is 38.6 Å². The van der Waals surface area contributed by atoms with Crippen molar-refractivity contribution < 1.29 is 4.79 Å². The van der Waals surface area contributed by atoms with Crippen LogP contribution in [0.5, 0.6) is 0 Å². The van der Waals surface area contributed by atoms with Crippen molar-refractivity contribution in [3.05, 3.63) is 54.5 Å². The lowest BCUT2D eigenvalue weighted by Gasteiger charge is -2.31. The fourth-order valence-electron chi connectivity index (χ4n) is 3.68. The lowest BCUT2D eigenvalue weighted by Crippen LogP contribution is -2.43. The normalized spacial score (nSPS) is 17.3. The summed E-state index contributed by atoms with van der Waals surface area (Å²) in [6, 6.07) is 13.9. The minimum atomic E-state index is -0.0417. The first-order chi connectivity index (χ1) is 13.8. The number of benzene rings is 1. The van der Waals surface area contributed by atoms with Crippen molar-refractivity contribution in [1.29, 1.82) is 0 Å². The number of carbonyl (C=O) groups is 1. The number of anilines is 1. The Morgan fingerprint density at radius 1 is 1.18 bits per heavy atom. The predicted molar refractivity (Wildman–Crippen MR) is 109 cm³/mol. The summed E-state index contributed by atoms with van der Waals surface area (Å²) in [6.07, 6.45) is 3.79. The molecule has 0 bridgehead atoms. The Kier molecular flexibility index (Phi) is 4.40. The molecule has 5 rings (SSSR count). The van der Waals surface area contributed by atoms with E-state index in [2.05, 4.69) is 26.5 Å². The molecule has 4 aromatic rings. The first-order valence-electron chi connectivity index (χ1n) is 9.45. The summed E-state index contributed by atoms with van der Waals surface area (Å²) in [4.78, 5) is 19.7. The molecule has 1 fully saturated rings. The number of pyridine rings is 1. The number of para-hydroxylation sites is 1. The maximum atomic E-state index is 12.8. The fraction of sp³-hybridized carbons (Fsp3) is 0.300. The van der Waals surface area contributed by atoms with Crippen LogP contribution in [0.4, 0.5) is 5.13 Å². The van der Waals surface area contributed by atoms with Gasteiger partial charge >= 0.3 is 0 Å². The van der Waals surface area contributed by atoms with E-state index >= 15 is 0 Å². The van der Waals surface area contributed by atoms with Gasteiger partial charge in [0.05, 0.1) is 22.7 Å². The topological polar surface area (TPSA) is 75.4 Å². The molecule has 0 radical (unpaired) electrons. The van der Waals surface area contributed by atoms with Gasteiger partial charge in [-0.05, 0) is 37.1 Å². The highest BCUT2D eigenvalue weighted by Gasteiger charge is 2.27. The van der Waals surface area contributed by atoms with Gasteiger partial charge < -0.3 is 10.2 Å². The molecule has 1 aliphatic heterocycles. The number of fused-ring (bicyclic) bond motifs is 2. The molecule has 1 N–H and O–H groups in total. The quantitative estimate of drug-likeness (QED) is 0.578. The largest absolute Gasteiger partial charge is 0.348 e. The van der Waals surface area contributed by atoms with Gasteiger partial charge in [-0.25, -0.2) is 4.98 Å². The molecule has 7 nitrogen and oxygen atoms in total. The van der Waals surface area contributed by atoms with Crippen molar-refractivity contribution in [1.82, 2.24) is 24.9 Å².